The molecule has 0 aliphatic carbocycles. The second-order valence-electron chi connectivity index (χ2n) is 5.21. The lowest BCUT2D eigenvalue weighted by molar-refractivity contribution is -0.117. The molecule has 7 heteroatoms. The fourth-order valence-corrected chi connectivity index (χ4v) is 2.42. The first-order chi connectivity index (χ1) is 10.1. The summed E-state index contributed by atoms with van der Waals surface area (Å²) in [6.45, 7) is 3.32. The minimum absolute atomic E-state index is 0. The molecule has 1 fully saturated rings. The van der Waals surface area contributed by atoms with Crippen LogP contribution in [0.2, 0.25) is 0 Å². The van der Waals surface area contributed by atoms with Crippen molar-refractivity contribution < 1.29 is 14.3 Å². The summed E-state index contributed by atoms with van der Waals surface area (Å²) >= 11 is 0. The standard InChI is InChI=1S/C15H21N3O3.ClH/c1-10(19)17-13-4-3-12(8-14(13)21-2)18-15(20)7-11-5-6-16-9-11;/h3-4,8,11,16H,5-7,9H2,1-2H3,(H,17,19)(H,18,20);1H. The van der Waals surface area contributed by atoms with E-state index >= 15 is 0 Å². The number of benzene rings is 1. The predicted octanol–water partition coefficient (Wildman–Crippen LogP) is 2.01. The first kappa shape index (κ1) is 18.3. The number of carbonyl (C=O) groups excluding carboxylic acids is 2. The van der Waals surface area contributed by atoms with Crippen LogP contribution in [0.3, 0.4) is 0 Å². The third kappa shape index (κ3) is 5.20. The van der Waals surface area contributed by atoms with Gasteiger partial charge in [-0.15, -0.1) is 12.4 Å². The molecule has 22 heavy (non-hydrogen) atoms. The number of ether oxygens (including phenoxy) is 1. The van der Waals surface area contributed by atoms with Gasteiger partial charge in [-0.3, -0.25) is 9.59 Å². The summed E-state index contributed by atoms with van der Waals surface area (Å²) in [6.07, 6.45) is 1.56. The maximum Gasteiger partial charge on any atom is 0.224 e. The Morgan fingerprint density at radius 1 is 1.36 bits per heavy atom. The van der Waals surface area contributed by atoms with E-state index in [2.05, 4.69) is 16.0 Å². The molecule has 1 saturated heterocycles. The molecule has 122 valence electrons. The van der Waals surface area contributed by atoms with E-state index in [0.29, 0.717) is 29.5 Å². The number of hydrogen-bond donors (Lipinski definition) is 3. The van der Waals surface area contributed by atoms with E-state index in [1.807, 2.05) is 0 Å². The van der Waals surface area contributed by atoms with Gasteiger partial charge in [0, 0.05) is 25.1 Å². The van der Waals surface area contributed by atoms with Crippen LogP contribution in [0.1, 0.15) is 19.8 Å². The maximum absolute atomic E-state index is 12.0. The summed E-state index contributed by atoms with van der Waals surface area (Å²) in [7, 11) is 1.52. The van der Waals surface area contributed by atoms with Gasteiger partial charge in [-0.25, -0.2) is 0 Å². The second kappa shape index (κ2) is 8.60. The van der Waals surface area contributed by atoms with Crippen LogP contribution < -0.4 is 20.7 Å². The summed E-state index contributed by atoms with van der Waals surface area (Å²) in [5.74, 6) is 0.757. The Balaban J connectivity index is 0.00000242. The number of carbonyl (C=O) groups is 2. The highest BCUT2D eigenvalue weighted by molar-refractivity contribution is 5.93. The van der Waals surface area contributed by atoms with Crippen LogP contribution in [-0.2, 0) is 9.59 Å². The van der Waals surface area contributed by atoms with Crippen LogP contribution in [-0.4, -0.2) is 32.0 Å². The molecular formula is C15H22ClN3O3. The van der Waals surface area contributed by atoms with E-state index in [4.69, 9.17) is 4.74 Å². The monoisotopic (exact) mass is 327 g/mol. The van der Waals surface area contributed by atoms with Gasteiger partial charge in [-0.2, -0.15) is 0 Å². The summed E-state index contributed by atoms with van der Waals surface area (Å²) in [5.41, 5.74) is 1.25. The normalized spacial score (nSPS) is 16.5. The van der Waals surface area contributed by atoms with Gasteiger partial charge in [0.15, 0.2) is 0 Å². The Bertz CT molecular complexity index is 531. The zero-order valence-electron chi connectivity index (χ0n) is 12.8. The molecule has 2 amide bonds. The van der Waals surface area contributed by atoms with E-state index < -0.39 is 0 Å². The van der Waals surface area contributed by atoms with E-state index in [1.54, 1.807) is 18.2 Å². The van der Waals surface area contributed by atoms with Gasteiger partial charge in [0.05, 0.1) is 12.8 Å². The molecular weight excluding hydrogens is 306 g/mol. The number of hydrogen-bond acceptors (Lipinski definition) is 4. The molecule has 0 radical (unpaired) electrons. The average molecular weight is 328 g/mol. The Morgan fingerprint density at radius 2 is 2.14 bits per heavy atom. The topological polar surface area (TPSA) is 79.5 Å². The van der Waals surface area contributed by atoms with Crippen LogP contribution in [0, 0.1) is 5.92 Å². The van der Waals surface area contributed by atoms with Gasteiger partial charge in [0.2, 0.25) is 11.8 Å². The van der Waals surface area contributed by atoms with Crippen molar-refractivity contribution in [2.45, 2.75) is 19.8 Å². The smallest absolute Gasteiger partial charge is 0.224 e. The highest BCUT2D eigenvalue weighted by Gasteiger charge is 2.18. The van der Waals surface area contributed by atoms with Crippen molar-refractivity contribution in [1.29, 1.82) is 0 Å². The Hall–Kier alpha value is -1.79. The lowest BCUT2D eigenvalue weighted by Gasteiger charge is -2.13. The number of nitrogens with one attached hydrogen (secondary N) is 3. The zero-order chi connectivity index (χ0) is 15.2. The van der Waals surface area contributed by atoms with Gasteiger partial charge < -0.3 is 20.7 Å². The molecule has 1 aliphatic heterocycles. The second-order valence-corrected chi connectivity index (χ2v) is 5.21. The van der Waals surface area contributed by atoms with Crippen LogP contribution in [0.4, 0.5) is 11.4 Å². The lowest BCUT2D eigenvalue weighted by atomic mass is 10.0. The number of rotatable bonds is 5. The van der Waals surface area contributed by atoms with Gasteiger partial charge in [-0.05, 0) is 37.6 Å². The van der Waals surface area contributed by atoms with Crippen molar-refractivity contribution >= 4 is 35.6 Å². The zero-order valence-corrected chi connectivity index (χ0v) is 13.6. The fraction of sp³-hybridized carbons (Fsp3) is 0.467. The molecule has 1 heterocycles. The SMILES string of the molecule is COc1cc(NC(=O)CC2CCNC2)ccc1NC(C)=O.Cl. The van der Waals surface area contributed by atoms with Crippen molar-refractivity contribution in [3.8, 4) is 5.75 Å². The average Bonchev–Trinajstić information content (AvgIpc) is 2.92. The number of halogens is 1. The molecule has 1 aliphatic rings. The van der Waals surface area contributed by atoms with Crippen molar-refractivity contribution in [1.82, 2.24) is 5.32 Å². The number of amides is 2. The van der Waals surface area contributed by atoms with Gasteiger partial charge in [-0.1, -0.05) is 0 Å². The highest BCUT2D eigenvalue weighted by atomic mass is 35.5. The summed E-state index contributed by atoms with van der Waals surface area (Å²) in [5, 5.41) is 8.79. The van der Waals surface area contributed by atoms with E-state index in [0.717, 1.165) is 19.5 Å². The summed E-state index contributed by atoms with van der Waals surface area (Å²) in [6, 6.07) is 5.17. The highest BCUT2D eigenvalue weighted by Crippen LogP contribution is 2.28. The van der Waals surface area contributed by atoms with E-state index in [1.165, 1.54) is 14.0 Å². The molecule has 2 rings (SSSR count). The van der Waals surface area contributed by atoms with Crippen molar-refractivity contribution in [2.24, 2.45) is 5.92 Å². The number of anilines is 2. The third-order valence-electron chi connectivity index (χ3n) is 3.43. The molecule has 1 unspecified atom stereocenters. The molecule has 0 aromatic heterocycles. The molecule has 1 aromatic carbocycles. The van der Waals surface area contributed by atoms with Crippen LogP contribution in [0.5, 0.6) is 5.75 Å². The van der Waals surface area contributed by atoms with Crippen molar-refractivity contribution in [2.75, 3.05) is 30.8 Å². The van der Waals surface area contributed by atoms with Crippen molar-refractivity contribution in [3.63, 3.8) is 0 Å². The number of methoxy groups -OCH3 is 1. The third-order valence-corrected chi connectivity index (χ3v) is 3.43. The van der Waals surface area contributed by atoms with Crippen molar-refractivity contribution in [3.05, 3.63) is 18.2 Å². The quantitative estimate of drug-likeness (QED) is 0.773. The van der Waals surface area contributed by atoms with Gasteiger partial charge in [0.1, 0.15) is 5.75 Å². The minimum Gasteiger partial charge on any atom is -0.494 e. The molecule has 0 saturated carbocycles. The first-order valence-corrected chi connectivity index (χ1v) is 7.04. The Kier molecular flexibility index (Phi) is 7.14. The largest absolute Gasteiger partial charge is 0.494 e. The van der Waals surface area contributed by atoms with Gasteiger partial charge >= 0.3 is 0 Å². The molecule has 0 spiro atoms. The summed E-state index contributed by atoms with van der Waals surface area (Å²) in [4.78, 5) is 23.1. The van der Waals surface area contributed by atoms with Crippen LogP contribution in [0.25, 0.3) is 0 Å². The Labute approximate surface area is 136 Å². The van der Waals surface area contributed by atoms with Crippen LogP contribution in [0.15, 0.2) is 18.2 Å². The fourth-order valence-electron chi connectivity index (χ4n) is 2.42. The van der Waals surface area contributed by atoms with E-state index in [-0.39, 0.29) is 24.2 Å². The molecule has 3 N–H and O–H groups in total. The maximum atomic E-state index is 12.0. The minimum atomic E-state index is -0.168. The molecule has 1 atom stereocenters. The van der Waals surface area contributed by atoms with Crippen LogP contribution >= 0.6 is 12.4 Å². The summed E-state index contributed by atoms with van der Waals surface area (Å²) < 4.78 is 5.23. The first-order valence-electron chi connectivity index (χ1n) is 7.04. The van der Waals surface area contributed by atoms with E-state index in [9.17, 15) is 9.59 Å². The predicted molar refractivity (Wildman–Crippen MR) is 88.8 cm³/mol. The molecule has 1 aromatic rings. The molecule has 6 nitrogen and oxygen atoms in total. The lowest BCUT2D eigenvalue weighted by Crippen LogP contribution is -2.18. The Morgan fingerprint density at radius 3 is 2.73 bits per heavy atom. The van der Waals surface area contributed by atoms with Gasteiger partial charge in [0.25, 0.3) is 0 Å². The molecule has 0 bridgehead atoms.